The van der Waals surface area contributed by atoms with E-state index in [1.807, 2.05) is 0 Å². The molecule has 390 valence electrons. The van der Waals surface area contributed by atoms with Gasteiger partial charge in [0.15, 0.2) is 5.78 Å². The number of nitrogens with one attached hydrogen (secondary N) is 4. The van der Waals surface area contributed by atoms with Crippen LogP contribution in [0.5, 0.6) is 5.75 Å². The highest BCUT2D eigenvalue weighted by atomic mass is 32.1. The lowest BCUT2D eigenvalue weighted by Gasteiger charge is -2.28. The molecule has 21 nitrogen and oxygen atoms in total. The third-order valence-corrected chi connectivity index (χ3v) is 13.1. The van der Waals surface area contributed by atoms with E-state index in [9.17, 15) is 68.1 Å². The molecule has 0 heterocycles. The fourth-order valence-corrected chi connectivity index (χ4v) is 8.62. The van der Waals surface area contributed by atoms with Crippen molar-refractivity contribution in [1.29, 1.82) is 0 Å². The smallest absolute Gasteiger partial charge is 0.326 e. The summed E-state index contributed by atoms with van der Waals surface area (Å²) < 4.78 is 0. The number of urea groups is 1. The summed E-state index contributed by atoms with van der Waals surface area (Å²) >= 11 is 4.14. The number of phenols is 1. The number of benzene rings is 1. The molecule has 22 heteroatoms. The van der Waals surface area contributed by atoms with Gasteiger partial charge in [-0.1, -0.05) is 18.6 Å². The molecule has 12 N–H and O–H groups in total. The summed E-state index contributed by atoms with van der Waals surface area (Å²) in [6, 6.07) is 3.38. The molecule has 1 aliphatic rings. The summed E-state index contributed by atoms with van der Waals surface area (Å²) in [5.41, 5.74) is 11.8. The Hall–Kier alpha value is -5.90. The molecule has 5 amide bonds. The highest BCUT2D eigenvalue weighted by Gasteiger charge is 2.33. The van der Waals surface area contributed by atoms with E-state index < -0.39 is 114 Å². The quantitative estimate of drug-likeness (QED) is 0.0340. The van der Waals surface area contributed by atoms with Gasteiger partial charge in [0.05, 0.1) is 12.5 Å². The first kappa shape index (κ1) is 60.2. The molecule has 0 aliphatic heterocycles. The first-order valence-electron chi connectivity index (χ1n) is 23.9. The minimum absolute atomic E-state index is 0.000577. The number of phenolic OH excluding ortho intramolecular Hbond substituents is 1. The number of carboxylic acids is 3. The number of Topliss-reactive ketones (excluding diaryl/α,β-unsaturated/α-hetero) is 4. The number of ketones is 4. The van der Waals surface area contributed by atoms with E-state index in [1.54, 1.807) is 19.1 Å². The largest absolute Gasteiger partial charge is 0.508 e. The predicted molar refractivity (Wildman–Crippen MR) is 257 cm³/mol. The van der Waals surface area contributed by atoms with E-state index in [4.69, 9.17) is 16.6 Å². The number of carbonyl (C=O) groups excluding carboxylic acids is 8. The van der Waals surface area contributed by atoms with Gasteiger partial charge in [-0.25, -0.2) is 9.59 Å². The Bertz CT molecular complexity index is 1960. The van der Waals surface area contributed by atoms with Crippen LogP contribution in [0.3, 0.4) is 0 Å². The van der Waals surface area contributed by atoms with Crippen LogP contribution >= 0.6 is 12.6 Å². The molecule has 6 atom stereocenters. The lowest BCUT2D eigenvalue weighted by atomic mass is 9.79. The third-order valence-electron chi connectivity index (χ3n) is 12.6. The molecular weight excluding hydrogens is 933 g/mol. The Kier molecular flexibility index (Phi) is 27.6. The van der Waals surface area contributed by atoms with E-state index in [2.05, 4.69) is 33.9 Å². The summed E-state index contributed by atoms with van der Waals surface area (Å²) in [5.74, 6) is -11.1. The number of amides is 5. The van der Waals surface area contributed by atoms with Gasteiger partial charge in [0.2, 0.25) is 17.7 Å². The molecule has 1 aromatic rings. The number of thiol groups is 1. The SMILES string of the molecule is CC(CCC(=O)O)NC(=O)NC(CCC(=O)NCC1CCC(C(=O)NCC(=O)CC(CCC(=O)O)C(=O)CC(CCCCN)C(=O)CC(Cc2ccc(O)cc2)C(=O)CC(CS)C(N)=O)CC1)C(=O)O. The third kappa shape index (κ3) is 24.1. The number of carboxylic acid groups (broad SMARTS) is 3. The van der Waals surface area contributed by atoms with E-state index >= 15 is 0 Å². The van der Waals surface area contributed by atoms with Gasteiger partial charge in [0.25, 0.3) is 0 Å². The van der Waals surface area contributed by atoms with Gasteiger partial charge in [-0.3, -0.25) is 43.2 Å². The number of primary amides is 1. The Morgan fingerprint density at radius 1 is 0.686 bits per heavy atom. The van der Waals surface area contributed by atoms with Crippen LogP contribution in [0, 0.1) is 35.5 Å². The van der Waals surface area contributed by atoms with Crippen LogP contribution in [0.15, 0.2) is 24.3 Å². The Morgan fingerprint density at radius 3 is 1.83 bits per heavy atom. The van der Waals surface area contributed by atoms with Crippen LogP contribution in [0.4, 0.5) is 4.79 Å². The number of unbranched alkanes of at least 4 members (excludes halogenated alkanes) is 1. The van der Waals surface area contributed by atoms with E-state index in [1.165, 1.54) is 12.1 Å². The lowest BCUT2D eigenvalue weighted by molar-refractivity contribution is -0.140. The van der Waals surface area contributed by atoms with Crippen LogP contribution < -0.4 is 32.7 Å². The van der Waals surface area contributed by atoms with Crippen LogP contribution in [0.25, 0.3) is 0 Å². The predicted octanol–water partition coefficient (Wildman–Crippen LogP) is 2.47. The second-order valence-electron chi connectivity index (χ2n) is 18.3. The van der Waals surface area contributed by atoms with Crippen LogP contribution in [-0.4, -0.2) is 123 Å². The molecule has 0 spiro atoms. The number of nitrogens with two attached hydrogens (primary N) is 2. The topological polar surface area (TPSA) is 369 Å². The second kappa shape index (κ2) is 32.1. The van der Waals surface area contributed by atoms with Crippen molar-refractivity contribution < 1.29 is 73.2 Å². The number of aliphatic carboxylic acids is 3. The molecule has 2 rings (SSSR count). The summed E-state index contributed by atoms with van der Waals surface area (Å²) in [5, 5.41) is 47.7. The van der Waals surface area contributed by atoms with Crippen molar-refractivity contribution in [3.8, 4) is 5.75 Å². The average Bonchev–Trinajstić information content (AvgIpc) is 3.31. The molecule has 0 bridgehead atoms. The number of hydrogen-bond donors (Lipinski definition) is 11. The summed E-state index contributed by atoms with van der Waals surface area (Å²) in [7, 11) is 0. The monoisotopic (exact) mass is 1000 g/mol. The van der Waals surface area contributed by atoms with E-state index in [-0.39, 0.29) is 101 Å². The maximum atomic E-state index is 14.0. The summed E-state index contributed by atoms with van der Waals surface area (Å²) in [4.78, 5) is 139. The fraction of sp³-hybridized carbons (Fsp3) is 0.646. The summed E-state index contributed by atoms with van der Waals surface area (Å²) in [6.07, 6.45) is 1.08. The zero-order chi connectivity index (χ0) is 52.3. The van der Waals surface area contributed by atoms with Crippen molar-refractivity contribution in [1.82, 2.24) is 21.3 Å². The van der Waals surface area contributed by atoms with Crippen LogP contribution in [0.1, 0.15) is 122 Å². The second-order valence-corrected chi connectivity index (χ2v) is 18.7. The van der Waals surface area contributed by atoms with Crippen molar-refractivity contribution in [3.63, 3.8) is 0 Å². The van der Waals surface area contributed by atoms with Gasteiger partial charge in [0.1, 0.15) is 29.1 Å². The number of hydrogen-bond acceptors (Lipinski definition) is 14. The molecule has 0 saturated heterocycles. The maximum Gasteiger partial charge on any atom is 0.326 e. The molecule has 0 radical (unpaired) electrons. The van der Waals surface area contributed by atoms with Gasteiger partial charge < -0.3 is 53.2 Å². The number of aromatic hydroxyl groups is 1. The zero-order valence-corrected chi connectivity index (χ0v) is 40.8. The molecule has 1 aromatic carbocycles. The van der Waals surface area contributed by atoms with E-state index in [0.717, 1.165) is 0 Å². The van der Waals surface area contributed by atoms with Crippen LogP contribution in [0.2, 0.25) is 0 Å². The minimum Gasteiger partial charge on any atom is -0.508 e. The summed E-state index contributed by atoms with van der Waals surface area (Å²) in [6.45, 7) is 1.75. The van der Waals surface area contributed by atoms with Crippen LogP contribution in [-0.2, 0) is 54.4 Å². The number of rotatable bonds is 36. The van der Waals surface area contributed by atoms with Crippen molar-refractivity contribution in [2.45, 2.75) is 135 Å². The van der Waals surface area contributed by atoms with Gasteiger partial charge in [-0.15, -0.1) is 0 Å². The van der Waals surface area contributed by atoms with E-state index in [0.29, 0.717) is 50.6 Å². The van der Waals surface area contributed by atoms with Gasteiger partial charge >= 0.3 is 23.9 Å². The van der Waals surface area contributed by atoms with Crippen molar-refractivity contribution in [2.24, 2.45) is 47.0 Å². The van der Waals surface area contributed by atoms with Crippen molar-refractivity contribution in [3.05, 3.63) is 29.8 Å². The Labute approximate surface area is 413 Å². The highest BCUT2D eigenvalue weighted by molar-refractivity contribution is 7.80. The average molecular weight is 1010 g/mol. The molecule has 6 unspecified atom stereocenters. The van der Waals surface area contributed by atoms with Gasteiger partial charge in [-0.2, -0.15) is 12.6 Å². The normalized spacial score (nSPS) is 17.0. The van der Waals surface area contributed by atoms with Gasteiger partial charge in [0, 0.05) is 87.0 Å². The molecule has 70 heavy (non-hydrogen) atoms. The first-order valence-corrected chi connectivity index (χ1v) is 24.5. The molecular formula is C48H72N6O15S. The standard InChI is InChI=1S/C48H72N6O15S/c1-28(5-17-43(61)62)53-48(69)54-38(47(67)68)15-16-42(60)51-25-30-6-10-31(11-7-30)46(66)52-26-37(56)21-33(12-18-44(63)64)39(57)22-32(4-2-3-19-49)40(58)23-34(20-29-8-13-36(55)14-9-29)41(59)24-35(27-70)45(50)65/h8-9,13-14,28,30-35,38,55,70H,2-7,10-12,15-27,49H2,1H3,(H2,50,65)(H,51,60)(H,52,66)(H,61,62)(H,63,64)(H,67,68)(H2,53,54,69). The maximum absolute atomic E-state index is 14.0. The number of carbonyl (C=O) groups is 11. The Balaban J connectivity index is 1.98. The zero-order valence-electron chi connectivity index (χ0n) is 39.9. The Morgan fingerprint density at radius 2 is 1.26 bits per heavy atom. The fourth-order valence-electron chi connectivity index (χ4n) is 8.31. The molecule has 1 saturated carbocycles. The molecule has 1 aliphatic carbocycles. The highest BCUT2D eigenvalue weighted by Crippen LogP contribution is 2.30. The van der Waals surface area contributed by atoms with Crippen molar-refractivity contribution >= 4 is 77.4 Å². The molecule has 0 aromatic heterocycles. The van der Waals surface area contributed by atoms with Crippen molar-refractivity contribution in [2.75, 3.05) is 25.4 Å². The minimum atomic E-state index is -1.36. The molecule has 1 fully saturated rings. The first-order chi connectivity index (χ1) is 33.1. The lowest BCUT2D eigenvalue weighted by Crippen LogP contribution is -2.48. The van der Waals surface area contributed by atoms with Gasteiger partial charge in [-0.05, 0) is 101 Å².